The van der Waals surface area contributed by atoms with Crippen molar-refractivity contribution >= 4 is 11.6 Å². The van der Waals surface area contributed by atoms with E-state index in [4.69, 9.17) is 5.73 Å². The van der Waals surface area contributed by atoms with Crippen LogP contribution >= 0.6 is 0 Å². The number of hydrogen-bond acceptors (Lipinski definition) is 3. The molecule has 5 heteroatoms. The first-order valence-electron chi connectivity index (χ1n) is 7.23. The van der Waals surface area contributed by atoms with Crippen LogP contribution in [0.25, 0.3) is 0 Å². The number of amides is 1. The van der Waals surface area contributed by atoms with Gasteiger partial charge in [0.05, 0.1) is 4.92 Å². The lowest BCUT2D eigenvalue weighted by Gasteiger charge is -2.26. The summed E-state index contributed by atoms with van der Waals surface area (Å²) in [5, 5.41) is 10.8. The van der Waals surface area contributed by atoms with Crippen molar-refractivity contribution in [2.24, 2.45) is 5.73 Å². The van der Waals surface area contributed by atoms with Crippen LogP contribution in [0, 0.1) is 10.1 Å². The molecule has 1 amide bonds. The molecule has 0 saturated heterocycles. The number of aryl methyl sites for hydroxylation is 1. The van der Waals surface area contributed by atoms with E-state index in [2.05, 4.69) is 0 Å². The van der Waals surface area contributed by atoms with E-state index in [-0.39, 0.29) is 11.6 Å². The topological polar surface area (TPSA) is 86.2 Å². The Bertz CT molecular complexity index is 738. The van der Waals surface area contributed by atoms with Crippen LogP contribution < -0.4 is 5.73 Å². The van der Waals surface area contributed by atoms with Crippen LogP contribution in [-0.4, -0.2) is 10.8 Å². The Balaban J connectivity index is 2.01. The minimum atomic E-state index is -0.434. The van der Waals surface area contributed by atoms with E-state index in [1.807, 2.05) is 12.1 Å². The Morgan fingerprint density at radius 3 is 2.55 bits per heavy atom. The highest BCUT2D eigenvalue weighted by Gasteiger charge is 2.23. The molecular weight excluding hydrogens is 280 g/mol. The molecule has 1 aliphatic rings. The van der Waals surface area contributed by atoms with Crippen molar-refractivity contribution in [3.8, 4) is 0 Å². The minimum absolute atomic E-state index is 0.0886. The highest BCUT2D eigenvalue weighted by molar-refractivity contribution is 5.93. The zero-order chi connectivity index (χ0) is 15.7. The molecule has 2 aromatic carbocycles. The van der Waals surface area contributed by atoms with E-state index in [0.717, 1.165) is 30.4 Å². The number of benzene rings is 2. The van der Waals surface area contributed by atoms with E-state index >= 15 is 0 Å². The second-order valence-corrected chi connectivity index (χ2v) is 5.57. The molecule has 22 heavy (non-hydrogen) atoms. The maximum Gasteiger partial charge on any atom is 0.269 e. The molecular formula is C17H16N2O3. The maximum absolute atomic E-state index is 11.4. The van der Waals surface area contributed by atoms with Gasteiger partial charge in [0.25, 0.3) is 5.69 Å². The summed E-state index contributed by atoms with van der Waals surface area (Å²) in [5.74, 6) is -0.278. The first kappa shape index (κ1) is 14.3. The molecule has 1 atom stereocenters. The fourth-order valence-corrected chi connectivity index (χ4v) is 3.13. The van der Waals surface area contributed by atoms with Gasteiger partial charge in [-0.1, -0.05) is 18.2 Å². The molecule has 3 rings (SSSR count). The normalized spacial score (nSPS) is 16.8. The standard InChI is InChI=1S/C17H16N2O3/c18-17(20)13-5-4-11-2-1-3-15(16(11)10-13)12-6-8-14(9-7-12)19(21)22/h4-10,15H,1-3H2,(H2,18,20). The second kappa shape index (κ2) is 5.60. The quantitative estimate of drug-likeness (QED) is 0.697. The molecule has 2 aromatic rings. The molecule has 112 valence electrons. The number of non-ortho nitro benzene ring substituents is 1. The molecule has 5 nitrogen and oxygen atoms in total. The van der Waals surface area contributed by atoms with Gasteiger partial charge in [0.1, 0.15) is 0 Å². The highest BCUT2D eigenvalue weighted by Crippen LogP contribution is 2.37. The summed E-state index contributed by atoms with van der Waals surface area (Å²) in [6, 6.07) is 12.3. The first-order valence-corrected chi connectivity index (χ1v) is 7.23. The van der Waals surface area contributed by atoms with Gasteiger partial charge in [0.2, 0.25) is 5.91 Å². The summed E-state index contributed by atoms with van der Waals surface area (Å²) in [6.45, 7) is 0. The number of carbonyl (C=O) groups excluding carboxylic acids is 1. The van der Waals surface area contributed by atoms with Gasteiger partial charge in [-0.2, -0.15) is 0 Å². The molecule has 0 spiro atoms. The minimum Gasteiger partial charge on any atom is -0.366 e. The van der Waals surface area contributed by atoms with Gasteiger partial charge in [0, 0.05) is 23.6 Å². The summed E-state index contributed by atoms with van der Waals surface area (Å²) in [7, 11) is 0. The Morgan fingerprint density at radius 2 is 1.91 bits per heavy atom. The van der Waals surface area contributed by atoms with Crippen molar-refractivity contribution in [3.05, 3.63) is 74.8 Å². The van der Waals surface area contributed by atoms with Gasteiger partial charge in [-0.15, -0.1) is 0 Å². The Hall–Kier alpha value is -2.69. The Labute approximate surface area is 127 Å². The molecule has 1 aliphatic carbocycles. The summed E-state index contributed by atoms with van der Waals surface area (Å²) < 4.78 is 0. The van der Waals surface area contributed by atoms with Gasteiger partial charge in [-0.3, -0.25) is 14.9 Å². The van der Waals surface area contributed by atoms with Crippen LogP contribution in [-0.2, 0) is 6.42 Å². The average Bonchev–Trinajstić information content (AvgIpc) is 2.53. The highest BCUT2D eigenvalue weighted by atomic mass is 16.6. The van der Waals surface area contributed by atoms with Crippen molar-refractivity contribution in [2.45, 2.75) is 25.2 Å². The van der Waals surface area contributed by atoms with Crippen LogP contribution in [0.4, 0.5) is 5.69 Å². The van der Waals surface area contributed by atoms with E-state index < -0.39 is 10.8 Å². The van der Waals surface area contributed by atoms with Gasteiger partial charge < -0.3 is 5.73 Å². The van der Waals surface area contributed by atoms with E-state index in [9.17, 15) is 14.9 Å². The van der Waals surface area contributed by atoms with Crippen molar-refractivity contribution in [3.63, 3.8) is 0 Å². The molecule has 1 unspecified atom stereocenters. The predicted molar refractivity (Wildman–Crippen MR) is 82.8 cm³/mol. The van der Waals surface area contributed by atoms with Crippen LogP contribution in [0.1, 0.15) is 45.8 Å². The molecule has 0 aliphatic heterocycles. The number of hydrogen-bond donors (Lipinski definition) is 1. The van der Waals surface area contributed by atoms with Gasteiger partial charge >= 0.3 is 0 Å². The number of nitro benzene ring substituents is 1. The van der Waals surface area contributed by atoms with Crippen LogP contribution in [0.5, 0.6) is 0 Å². The zero-order valence-electron chi connectivity index (χ0n) is 12.0. The van der Waals surface area contributed by atoms with Crippen molar-refractivity contribution < 1.29 is 9.72 Å². The van der Waals surface area contributed by atoms with E-state index in [0.29, 0.717) is 5.56 Å². The number of fused-ring (bicyclic) bond motifs is 1. The van der Waals surface area contributed by atoms with Crippen LogP contribution in [0.3, 0.4) is 0 Å². The fourth-order valence-electron chi connectivity index (χ4n) is 3.13. The third-order valence-corrected chi connectivity index (χ3v) is 4.25. The van der Waals surface area contributed by atoms with E-state index in [1.165, 1.54) is 17.7 Å². The van der Waals surface area contributed by atoms with E-state index in [1.54, 1.807) is 18.2 Å². The SMILES string of the molecule is NC(=O)c1ccc2c(c1)C(c1ccc([N+](=O)[O-])cc1)CCC2. The molecule has 0 bridgehead atoms. The number of nitrogens with zero attached hydrogens (tertiary/aromatic N) is 1. The molecule has 2 N–H and O–H groups in total. The van der Waals surface area contributed by atoms with Crippen LogP contribution in [0.15, 0.2) is 42.5 Å². The largest absolute Gasteiger partial charge is 0.366 e. The first-order chi connectivity index (χ1) is 10.6. The average molecular weight is 296 g/mol. The Morgan fingerprint density at radius 1 is 1.18 bits per heavy atom. The lowest BCUT2D eigenvalue weighted by Crippen LogP contribution is -2.15. The maximum atomic E-state index is 11.4. The fraction of sp³-hybridized carbons (Fsp3) is 0.235. The molecule has 0 saturated carbocycles. The monoisotopic (exact) mass is 296 g/mol. The molecule has 0 fully saturated rings. The summed E-state index contributed by atoms with van der Waals surface area (Å²) in [4.78, 5) is 21.8. The van der Waals surface area contributed by atoms with Crippen molar-refractivity contribution in [2.75, 3.05) is 0 Å². The zero-order valence-corrected chi connectivity index (χ0v) is 12.0. The third-order valence-electron chi connectivity index (χ3n) is 4.25. The van der Waals surface area contributed by atoms with Gasteiger partial charge in [-0.05, 0) is 48.1 Å². The number of carbonyl (C=O) groups is 1. The van der Waals surface area contributed by atoms with Crippen molar-refractivity contribution in [1.82, 2.24) is 0 Å². The number of rotatable bonds is 3. The van der Waals surface area contributed by atoms with Crippen molar-refractivity contribution in [1.29, 1.82) is 0 Å². The number of nitrogens with two attached hydrogens (primary N) is 1. The summed E-state index contributed by atoms with van der Waals surface area (Å²) >= 11 is 0. The molecule has 0 radical (unpaired) electrons. The molecule has 0 aromatic heterocycles. The lowest BCUT2D eigenvalue weighted by molar-refractivity contribution is -0.384. The van der Waals surface area contributed by atoms with Gasteiger partial charge in [0.15, 0.2) is 0 Å². The van der Waals surface area contributed by atoms with Gasteiger partial charge in [-0.25, -0.2) is 0 Å². The smallest absolute Gasteiger partial charge is 0.269 e. The third kappa shape index (κ3) is 2.57. The molecule has 0 heterocycles. The predicted octanol–water partition coefficient (Wildman–Crippen LogP) is 3.16. The summed E-state index contributed by atoms with van der Waals surface area (Å²) in [5.41, 5.74) is 9.33. The Kier molecular flexibility index (Phi) is 3.63. The lowest BCUT2D eigenvalue weighted by atomic mass is 9.78. The second-order valence-electron chi connectivity index (χ2n) is 5.57. The van der Waals surface area contributed by atoms with Crippen LogP contribution in [0.2, 0.25) is 0 Å². The number of nitro groups is 1. The number of primary amides is 1. The summed E-state index contributed by atoms with van der Waals surface area (Å²) in [6.07, 6.45) is 3.01.